The summed E-state index contributed by atoms with van der Waals surface area (Å²) >= 11 is 0. The number of carbonyl (C=O) groups is 1. The smallest absolute Gasteiger partial charge is 0.156 e. The first-order valence-electron chi connectivity index (χ1n) is 8.92. The summed E-state index contributed by atoms with van der Waals surface area (Å²) in [5, 5.41) is 20.4. The van der Waals surface area contributed by atoms with Gasteiger partial charge in [0.15, 0.2) is 11.4 Å². The zero-order chi connectivity index (χ0) is 16.5. The van der Waals surface area contributed by atoms with Crippen molar-refractivity contribution in [1.82, 2.24) is 0 Å². The largest absolute Gasteiger partial charge is 0.375 e. The summed E-state index contributed by atoms with van der Waals surface area (Å²) in [5.41, 5.74) is 1.34. The fraction of sp³-hybridized carbons (Fsp3) is 0.700. The van der Waals surface area contributed by atoms with Crippen LogP contribution in [0.15, 0.2) is 23.3 Å². The molecule has 0 radical (unpaired) electrons. The van der Waals surface area contributed by atoms with Gasteiger partial charge in [-0.3, -0.25) is 4.79 Å². The van der Waals surface area contributed by atoms with E-state index in [2.05, 4.69) is 26.0 Å². The Hall–Kier alpha value is -1.40. The molecule has 2 fully saturated rings. The molecule has 3 nitrogen and oxygen atoms in total. The van der Waals surface area contributed by atoms with Crippen molar-refractivity contribution < 1.29 is 9.90 Å². The SMILES string of the molecule is C[C@]12CCC(=O)C=C1CC[C@H]1C2=CC[C@@]2(C)[C@H]1CC[C@]2(O)C#N. The molecule has 0 saturated heterocycles. The molecule has 0 unspecified atom stereocenters. The van der Waals surface area contributed by atoms with E-state index in [0.717, 1.165) is 32.1 Å². The van der Waals surface area contributed by atoms with Gasteiger partial charge >= 0.3 is 0 Å². The van der Waals surface area contributed by atoms with E-state index < -0.39 is 5.60 Å². The van der Waals surface area contributed by atoms with Gasteiger partial charge in [-0.1, -0.05) is 31.1 Å². The first-order valence-corrected chi connectivity index (χ1v) is 8.92. The van der Waals surface area contributed by atoms with Gasteiger partial charge in [0.05, 0.1) is 6.07 Å². The average Bonchev–Trinajstić information content (AvgIpc) is 2.80. The van der Waals surface area contributed by atoms with E-state index in [1.54, 1.807) is 0 Å². The van der Waals surface area contributed by atoms with Gasteiger partial charge in [-0.2, -0.15) is 5.26 Å². The van der Waals surface area contributed by atoms with Crippen molar-refractivity contribution in [3.63, 3.8) is 0 Å². The number of carbonyl (C=O) groups excluding carboxylic acids is 1. The molecule has 0 aromatic rings. The van der Waals surface area contributed by atoms with E-state index in [1.807, 2.05) is 6.08 Å². The van der Waals surface area contributed by atoms with Gasteiger partial charge < -0.3 is 5.11 Å². The number of rotatable bonds is 0. The first-order chi connectivity index (χ1) is 10.8. The third-order valence-electron chi connectivity index (χ3n) is 7.67. The predicted octanol–water partition coefficient (Wildman–Crippen LogP) is 3.69. The second kappa shape index (κ2) is 4.57. The molecule has 0 amide bonds. The Morgan fingerprint density at radius 3 is 2.78 bits per heavy atom. The van der Waals surface area contributed by atoms with Crippen LogP contribution in [-0.4, -0.2) is 16.5 Å². The number of nitriles is 1. The van der Waals surface area contributed by atoms with Gasteiger partial charge in [-0.15, -0.1) is 0 Å². The highest BCUT2D eigenvalue weighted by Crippen LogP contribution is 2.65. The second-order valence-electron chi connectivity index (χ2n) is 8.51. The molecule has 23 heavy (non-hydrogen) atoms. The van der Waals surface area contributed by atoms with Gasteiger partial charge in [0.25, 0.3) is 0 Å². The third kappa shape index (κ3) is 1.76. The number of fused-ring (bicyclic) bond motifs is 5. The lowest BCUT2D eigenvalue weighted by molar-refractivity contribution is -0.115. The van der Waals surface area contributed by atoms with Crippen LogP contribution in [0.5, 0.6) is 0 Å². The van der Waals surface area contributed by atoms with Crippen LogP contribution in [0, 0.1) is 34.0 Å². The number of ketones is 1. The van der Waals surface area contributed by atoms with E-state index in [0.29, 0.717) is 24.7 Å². The number of hydrogen-bond donors (Lipinski definition) is 1. The molecule has 0 aromatic heterocycles. The van der Waals surface area contributed by atoms with Gasteiger partial charge in [-0.25, -0.2) is 0 Å². The summed E-state index contributed by atoms with van der Waals surface area (Å²) in [7, 11) is 0. The fourth-order valence-electron chi connectivity index (χ4n) is 6.05. The number of allylic oxidation sites excluding steroid dienone is 4. The maximum Gasteiger partial charge on any atom is 0.156 e. The minimum atomic E-state index is -1.18. The molecular formula is C20H25NO2. The van der Waals surface area contributed by atoms with Crippen molar-refractivity contribution in [3.05, 3.63) is 23.3 Å². The van der Waals surface area contributed by atoms with Crippen molar-refractivity contribution >= 4 is 5.78 Å². The molecule has 122 valence electrons. The number of aliphatic hydroxyl groups is 1. The molecule has 4 rings (SSSR count). The summed E-state index contributed by atoms with van der Waals surface area (Å²) < 4.78 is 0. The molecule has 0 spiro atoms. The highest BCUT2D eigenvalue weighted by molar-refractivity contribution is 5.92. The van der Waals surface area contributed by atoms with Gasteiger partial charge in [0, 0.05) is 17.3 Å². The zero-order valence-electron chi connectivity index (χ0n) is 14.1. The van der Waals surface area contributed by atoms with Crippen LogP contribution < -0.4 is 0 Å². The van der Waals surface area contributed by atoms with Crippen LogP contribution in [0.2, 0.25) is 0 Å². The molecule has 2 saturated carbocycles. The lowest BCUT2D eigenvalue weighted by Gasteiger charge is -2.53. The Kier molecular flexibility index (Phi) is 3.01. The van der Waals surface area contributed by atoms with Crippen molar-refractivity contribution in [2.45, 2.75) is 64.4 Å². The minimum Gasteiger partial charge on any atom is -0.375 e. The lowest BCUT2D eigenvalue weighted by Crippen LogP contribution is -2.50. The molecule has 0 bridgehead atoms. The van der Waals surface area contributed by atoms with Crippen LogP contribution in [-0.2, 0) is 4.79 Å². The van der Waals surface area contributed by atoms with Gasteiger partial charge in [0.1, 0.15) is 0 Å². The van der Waals surface area contributed by atoms with E-state index in [1.165, 1.54) is 11.1 Å². The molecule has 4 aliphatic rings. The Balaban J connectivity index is 1.78. The maximum atomic E-state index is 11.8. The number of hydrogen-bond acceptors (Lipinski definition) is 3. The van der Waals surface area contributed by atoms with Crippen LogP contribution in [0.25, 0.3) is 0 Å². The monoisotopic (exact) mass is 311 g/mol. The normalized spacial score (nSPS) is 48.5. The highest BCUT2D eigenvalue weighted by Gasteiger charge is 2.62. The van der Waals surface area contributed by atoms with Crippen molar-refractivity contribution in [2.75, 3.05) is 0 Å². The van der Waals surface area contributed by atoms with Crippen molar-refractivity contribution in [1.29, 1.82) is 5.26 Å². The fourth-order valence-corrected chi connectivity index (χ4v) is 6.05. The summed E-state index contributed by atoms with van der Waals surface area (Å²) in [6, 6.07) is 2.22. The molecule has 1 N–H and O–H groups in total. The summed E-state index contributed by atoms with van der Waals surface area (Å²) in [6.07, 6.45) is 10.2. The molecule has 0 aliphatic heterocycles. The molecule has 3 heteroatoms. The first kappa shape index (κ1) is 15.1. The molecular weight excluding hydrogens is 286 g/mol. The van der Waals surface area contributed by atoms with Crippen LogP contribution >= 0.6 is 0 Å². The van der Waals surface area contributed by atoms with Crippen LogP contribution in [0.4, 0.5) is 0 Å². The third-order valence-corrected chi connectivity index (χ3v) is 7.67. The standard InChI is InChI=1S/C20H25NO2/c1-18-8-5-14(22)11-13(18)3-4-15-16(18)6-9-19(2)17(15)7-10-20(19,23)12-21/h6,11,15,17,23H,3-5,7-10H2,1-2H3/t15-,17-,18-,19-,20-/m0/s1. The quantitative estimate of drug-likeness (QED) is 0.548. The Labute approximate surface area is 138 Å². The van der Waals surface area contributed by atoms with E-state index in [4.69, 9.17) is 0 Å². The highest BCUT2D eigenvalue weighted by atomic mass is 16.3. The van der Waals surface area contributed by atoms with E-state index in [9.17, 15) is 15.2 Å². The molecule has 0 heterocycles. The summed E-state index contributed by atoms with van der Waals surface area (Å²) in [5.74, 6) is 1.13. The summed E-state index contributed by atoms with van der Waals surface area (Å²) in [4.78, 5) is 11.8. The number of nitrogens with zero attached hydrogens (tertiary/aromatic N) is 1. The van der Waals surface area contributed by atoms with Crippen LogP contribution in [0.1, 0.15) is 58.8 Å². The minimum absolute atomic E-state index is 0.0332. The van der Waals surface area contributed by atoms with Crippen molar-refractivity contribution in [3.8, 4) is 6.07 Å². The van der Waals surface area contributed by atoms with E-state index in [-0.39, 0.29) is 16.6 Å². The maximum absolute atomic E-state index is 11.8. The zero-order valence-corrected chi connectivity index (χ0v) is 14.1. The molecule has 0 aromatic carbocycles. The van der Waals surface area contributed by atoms with Gasteiger partial charge in [0.2, 0.25) is 0 Å². The summed E-state index contributed by atoms with van der Waals surface area (Å²) in [6.45, 7) is 4.41. The Morgan fingerprint density at radius 2 is 2.04 bits per heavy atom. The van der Waals surface area contributed by atoms with Crippen LogP contribution in [0.3, 0.4) is 0 Å². The molecule has 4 aliphatic carbocycles. The topological polar surface area (TPSA) is 61.1 Å². The van der Waals surface area contributed by atoms with Gasteiger partial charge in [-0.05, 0) is 56.4 Å². The second-order valence-corrected chi connectivity index (χ2v) is 8.51. The Morgan fingerprint density at radius 1 is 1.26 bits per heavy atom. The van der Waals surface area contributed by atoms with E-state index >= 15 is 0 Å². The Bertz CT molecular complexity index is 684. The average molecular weight is 311 g/mol. The van der Waals surface area contributed by atoms with Crippen molar-refractivity contribution in [2.24, 2.45) is 22.7 Å². The predicted molar refractivity (Wildman–Crippen MR) is 87.2 cm³/mol. The molecule has 5 atom stereocenters. The lowest BCUT2D eigenvalue weighted by atomic mass is 9.51.